The Bertz CT molecular complexity index is 177. The van der Waals surface area contributed by atoms with E-state index < -0.39 is 0 Å². The van der Waals surface area contributed by atoms with E-state index in [0.717, 1.165) is 19.4 Å². The van der Waals surface area contributed by atoms with E-state index in [0.29, 0.717) is 12.3 Å². The van der Waals surface area contributed by atoms with Crippen molar-refractivity contribution in [2.45, 2.75) is 19.8 Å². The van der Waals surface area contributed by atoms with Gasteiger partial charge in [-0.05, 0) is 13.3 Å². The van der Waals surface area contributed by atoms with Gasteiger partial charge in [-0.2, -0.15) is 5.10 Å². The summed E-state index contributed by atoms with van der Waals surface area (Å²) in [5.74, 6) is -0.292. The quantitative estimate of drug-likeness (QED) is 0.584. The van der Waals surface area contributed by atoms with Gasteiger partial charge >= 0.3 is 5.97 Å². The molecule has 0 aromatic heterocycles. The number of hydrogen-bond acceptors (Lipinski definition) is 4. The molecule has 0 spiro atoms. The first-order chi connectivity index (χ1) is 5.34. The monoisotopic (exact) mass is 156 g/mol. The molecular formula is C7H12N2O2. The van der Waals surface area contributed by atoms with Crippen molar-refractivity contribution in [1.29, 1.82) is 0 Å². The Morgan fingerprint density at radius 3 is 3.18 bits per heavy atom. The van der Waals surface area contributed by atoms with Crippen LogP contribution in [0.1, 0.15) is 19.8 Å². The number of hydrazone groups is 1. The first-order valence-electron chi connectivity index (χ1n) is 3.81. The van der Waals surface area contributed by atoms with E-state index in [2.05, 4.69) is 10.5 Å². The molecule has 1 aliphatic rings. The molecule has 1 heterocycles. The molecule has 0 aromatic carbocycles. The van der Waals surface area contributed by atoms with Crippen molar-refractivity contribution in [3.05, 3.63) is 0 Å². The van der Waals surface area contributed by atoms with Crippen molar-refractivity contribution >= 4 is 11.7 Å². The molecule has 0 amide bonds. The zero-order chi connectivity index (χ0) is 8.10. The zero-order valence-corrected chi connectivity index (χ0v) is 6.59. The molecule has 62 valence electrons. The molecule has 4 nitrogen and oxygen atoms in total. The van der Waals surface area contributed by atoms with Gasteiger partial charge in [0.1, 0.15) is 5.71 Å². The van der Waals surface area contributed by atoms with Gasteiger partial charge in [-0.15, -0.1) is 0 Å². The summed E-state index contributed by atoms with van der Waals surface area (Å²) < 4.78 is 4.77. The predicted octanol–water partition coefficient (Wildman–Crippen LogP) is 0.289. The molecule has 4 heteroatoms. The SMILES string of the molecule is CCOC(=O)C1=NNCCC1. The highest BCUT2D eigenvalue weighted by Crippen LogP contribution is 1.99. The smallest absolute Gasteiger partial charge is 0.354 e. The van der Waals surface area contributed by atoms with Crippen LogP contribution < -0.4 is 5.43 Å². The summed E-state index contributed by atoms with van der Waals surface area (Å²) in [4.78, 5) is 11.0. The highest BCUT2D eigenvalue weighted by atomic mass is 16.5. The number of carbonyl (C=O) groups is 1. The summed E-state index contributed by atoms with van der Waals surface area (Å²) in [7, 11) is 0. The Morgan fingerprint density at radius 1 is 1.82 bits per heavy atom. The van der Waals surface area contributed by atoms with Gasteiger partial charge in [0.05, 0.1) is 6.61 Å². The maximum atomic E-state index is 11.0. The standard InChI is InChI=1S/C7H12N2O2/c1-2-11-7(10)6-4-3-5-8-9-6/h8H,2-5H2,1H3. The van der Waals surface area contributed by atoms with E-state index in [1.807, 2.05) is 0 Å². The van der Waals surface area contributed by atoms with Gasteiger partial charge in [-0.25, -0.2) is 4.79 Å². The maximum absolute atomic E-state index is 11.0. The van der Waals surface area contributed by atoms with Gasteiger partial charge in [-0.1, -0.05) is 0 Å². The molecular weight excluding hydrogens is 144 g/mol. The summed E-state index contributed by atoms with van der Waals surface area (Å²) in [5, 5.41) is 3.84. The topological polar surface area (TPSA) is 50.7 Å². The average Bonchev–Trinajstić information content (AvgIpc) is 2.07. The van der Waals surface area contributed by atoms with Gasteiger partial charge in [0.2, 0.25) is 0 Å². The Hall–Kier alpha value is -1.06. The number of nitrogens with one attached hydrogen (secondary N) is 1. The molecule has 0 fully saturated rings. The Morgan fingerprint density at radius 2 is 2.64 bits per heavy atom. The fraction of sp³-hybridized carbons (Fsp3) is 0.714. The zero-order valence-electron chi connectivity index (χ0n) is 6.59. The van der Waals surface area contributed by atoms with Crippen molar-refractivity contribution in [2.24, 2.45) is 5.10 Å². The second-order valence-corrected chi connectivity index (χ2v) is 2.29. The third-order valence-corrected chi connectivity index (χ3v) is 1.43. The molecule has 0 atom stereocenters. The highest BCUT2D eigenvalue weighted by molar-refractivity contribution is 6.36. The molecule has 1 N–H and O–H groups in total. The average molecular weight is 156 g/mol. The van der Waals surface area contributed by atoms with Gasteiger partial charge < -0.3 is 10.2 Å². The maximum Gasteiger partial charge on any atom is 0.354 e. The van der Waals surface area contributed by atoms with E-state index >= 15 is 0 Å². The molecule has 1 rings (SSSR count). The number of esters is 1. The first kappa shape index (κ1) is 8.04. The minimum atomic E-state index is -0.292. The number of ether oxygens (including phenoxy) is 1. The minimum Gasteiger partial charge on any atom is -0.461 e. The van der Waals surface area contributed by atoms with E-state index in [9.17, 15) is 4.79 Å². The van der Waals surface area contributed by atoms with Crippen molar-refractivity contribution < 1.29 is 9.53 Å². The lowest BCUT2D eigenvalue weighted by molar-refractivity contribution is -0.135. The van der Waals surface area contributed by atoms with E-state index in [1.165, 1.54) is 0 Å². The third-order valence-electron chi connectivity index (χ3n) is 1.43. The van der Waals surface area contributed by atoms with Crippen LogP contribution in [0.25, 0.3) is 0 Å². The van der Waals surface area contributed by atoms with Crippen molar-refractivity contribution in [2.75, 3.05) is 13.2 Å². The number of carbonyl (C=O) groups excluding carboxylic acids is 1. The lowest BCUT2D eigenvalue weighted by Gasteiger charge is -2.10. The second kappa shape index (κ2) is 3.95. The van der Waals surface area contributed by atoms with Crippen LogP contribution in [0.3, 0.4) is 0 Å². The summed E-state index contributed by atoms with van der Waals surface area (Å²) in [6.07, 6.45) is 1.68. The van der Waals surface area contributed by atoms with Gasteiger partial charge in [-0.3, -0.25) is 0 Å². The summed E-state index contributed by atoms with van der Waals surface area (Å²) in [5.41, 5.74) is 3.27. The van der Waals surface area contributed by atoms with Crippen LogP contribution in [0.5, 0.6) is 0 Å². The first-order valence-corrected chi connectivity index (χ1v) is 3.81. The van der Waals surface area contributed by atoms with Crippen LogP contribution in [0.15, 0.2) is 5.10 Å². The molecule has 0 bridgehead atoms. The molecule has 0 unspecified atom stereocenters. The third kappa shape index (κ3) is 2.22. The lowest BCUT2D eigenvalue weighted by atomic mass is 10.2. The van der Waals surface area contributed by atoms with Crippen LogP contribution >= 0.6 is 0 Å². The van der Waals surface area contributed by atoms with Gasteiger partial charge in [0.25, 0.3) is 0 Å². The van der Waals surface area contributed by atoms with Crippen LogP contribution in [0.4, 0.5) is 0 Å². The van der Waals surface area contributed by atoms with Crippen LogP contribution in [-0.2, 0) is 9.53 Å². The fourth-order valence-corrected chi connectivity index (χ4v) is 0.904. The number of nitrogens with zero attached hydrogens (tertiary/aromatic N) is 1. The van der Waals surface area contributed by atoms with Crippen LogP contribution in [-0.4, -0.2) is 24.8 Å². The molecule has 0 aliphatic carbocycles. The largest absolute Gasteiger partial charge is 0.461 e. The van der Waals surface area contributed by atoms with E-state index in [4.69, 9.17) is 4.74 Å². The van der Waals surface area contributed by atoms with Crippen molar-refractivity contribution in [3.63, 3.8) is 0 Å². The van der Waals surface area contributed by atoms with E-state index in [-0.39, 0.29) is 5.97 Å². The Kier molecular flexibility index (Phi) is 2.89. The normalized spacial score (nSPS) is 16.6. The van der Waals surface area contributed by atoms with Crippen molar-refractivity contribution in [3.8, 4) is 0 Å². The molecule has 0 saturated carbocycles. The van der Waals surface area contributed by atoms with Crippen LogP contribution in [0.2, 0.25) is 0 Å². The summed E-state index contributed by atoms with van der Waals surface area (Å²) in [6.45, 7) is 3.05. The van der Waals surface area contributed by atoms with Gasteiger partial charge in [0, 0.05) is 13.0 Å². The number of rotatable bonds is 2. The molecule has 11 heavy (non-hydrogen) atoms. The Labute approximate surface area is 65.6 Å². The summed E-state index contributed by atoms with van der Waals surface area (Å²) >= 11 is 0. The molecule has 1 aliphatic heterocycles. The molecule has 0 saturated heterocycles. The van der Waals surface area contributed by atoms with Crippen molar-refractivity contribution in [1.82, 2.24) is 5.43 Å². The van der Waals surface area contributed by atoms with Gasteiger partial charge in [0.15, 0.2) is 0 Å². The predicted molar refractivity (Wildman–Crippen MR) is 41.3 cm³/mol. The lowest BCUT2D eigenvalue weighted by Crippen LogP contribution is -2.26. The Balaban J connectivity index is 2.44. The second-order valence-electron chi connectivity index (χ2n) is 2.29. The number of hydrogen-bond donors (Lipinski definition) is 1. The minimum absolute atomic E-state index is 0.292. The molecule has 0 radical (unpaired) electrons. The fourth-order valence-electron chi connectivity index (χ4n) is 0.904. The van der Waals surface area contributed by atoms with Crippen LogP contribution in [0, 0.1) is 0 Å². The molecule has 0 aromatic rings. The summed E-state index contributed by atoms with van der Waals surface area (Å²) in [6, 6.07) is 0. The van der Waals surface area contributed by atoms with E-state index in [1.54, 1.807) is 6.92 Å². The highest BCUT2D eigenvalue weighted by Gasteiger charge is 2.14.